The number of anilines is 1. The maximum Gasteiger partial charge on any atom is 0.341 e. The zero-order valence-corrected chi connectivity index (χ0v) is 22.8. The molecule has 0 atom stereocenters. The largest absolute Gasteiger partial charge is 0.465 e. The summed E-state index contributed by atoms with van der Waals surface area (Å²) in [6, 6.07) is 0. The van der Waals surface area contributed by atoms with E-state index in [2.05, 4.69) is 27.0 Å². The second-order valence-electron chi connectivity index (χ2n) is 8.97. The normalized spacial score (nSPS) is 14.1. The Labute approximate surface area is 215 Å². The van der Waals surface area contributed by atoms with Gasteiger partial charge in [-0.15, -0.1) is 21.5 Å². The van der Waals surface area contributed by atoms with Gasteiger partial charge in [-0.1, -0.05) is 43.9 Å². The fourth-order valence-electron chi connectivity index (χ4n) is 4.39. The molecule has 1 saturated carbocycles. The van der Waals surface area contributed by atoms with Crippen LogP contribution >= 0.6 is 23.1 Å². The summed E-state index contributed by atoms with van der Waals surface area (Å²) in [5, 5.41) is 12.5. The predicted octanol–water partition coefficient (Wildman–Crippen LogP) is 4.40. The molecular formula is C24H35N5O4S2. The van der Waals surface area contributed by atoms with Crippen LogP contribution in [-0.4, -0.2) is 64.4 Å². The van der Waals surface area contributed by atoms with Crippen molar-refractivity contribution in [1.29, 1.82) is 0 Å². The first-order valence-electron chi connectivity index (χ1n) is 12.0. The molecule has 2 heterocycles. The van der Waals surface area contributed by atoms with Crippen LogP contribution in [0.2, 0.25) is 0 Å². The standard InChI is InChI=1S/C24H35N5O4S2/c1-6-29-17(13-12-16-10-8-7-9-11-16)26-27-24(29)34-14-18(30)25-21-19(23(32)33-5)15(2)20(35-21)22(31)28(3)4/h16H,6-14H2,1-5H3,(H,25,30). The Kier molecular flexibility index (Phi) is 9.73. The molecule has 2 aromatic heterocycles. The maximum atomic E-state index is 12.8. The van der Waals surface area contributed by atoms with Crippen molar-refractivity contribution in [2.24, 2.45) is 5.92 Å². The number of esters is 1. The zero-order chi connectivity index (χ0) is 25.5. The molecule has 1 aliphatic rings. The Hall–Kier alpha value is -2.40. The van der Waals surface area contributed by atoms with Crippen LogP contribution in [0.4, 0.5) is 5.00 Å². The molecule has 0 unspecified atom stereocenters. The molecule has 1 aliphatic carbocycles. The number of hydrogen-bond acceptors (Lipinski definition) is 8. The number of nitrogens with one attached hydrogen (secondary N) is 1. The Morgan fingerprint density at radius 2 is 1.91 bits per heavy atom. The van der Waals surface area contributed by atoms with Crippen LogP contribution in [0.3, 0.4) is 0 Å². The summed E-state index contributed by atoms with van der Waals surface area (Å²) in [5.41, 5.74) is 0.708. The highest BCUT2D eigenvalue weighted by Gasteiger charge is 2.27. The number of aryl methyl sites for hydroxylation is 1. The molecule has 0 aliphatic heterocycles. The van der Waals surface area contributed by atoms with E-state index in [1.54, 1.807) is 21.0 Å². The summed E-state index contributed by atoms with van der Waals surface area (Å²) < 4.78 is 6.96. The minimum atomic E-state index is -0.590. The van der Waals surface area contributed by atoms with Crippen LogP contribution in [-0.2, 0) is 22.5 Å². The minimum Gasteiger partial charge on any atom is -0.465 e. The summed E-state index contributed by atoms with van der Waals surface area (Å²) in [6.07, 6.45) is 8.65. The number of thioether (sulfide) groups is 1. The molecule has 1 N–H and O–H groups in total. The molecule has 3 rings (SSSR count). The quantitative estimate of drug-likeness (QED) is 0.365. The third-order valence-corrected chi connectivity index (χ3v) is 8.49. The van der Waals surface area contributed by atoms with E-state index in [1.807, 2.05) is 0 Å². The molecular weight excluding hydrogens is 486 g/mol. The van der Waals surface area contributed by atoms with Gasteiger partial charge in [0.25, 0.3) is 5.91 Å². The van der Waals surface area contributed by atoms with Gasteiger partial charge in [0.1, 0.15) is 10.8 Å². The molecule has 0 spiro atoms. The lowest BCUT2D eigenvalue weighted by molar-refractivity contribution is -0.113. The van der Waals surface area contributed by atoms with E-state index < -0.39 is 5.97 Å². The van der Waals surface area contributed by atoms with Gasteiger partial charge in [0, 0.05) is 27.1 Å². The van der Waals surface area contributed by atoms with E-state index >= 15 is 0 Å². The number of ether oxygens (including phenoxy) is 1. The summed E-state index contributed by atoms with van der Waals surface area (Å²) >= 11 is 2.40. The predicted molar refractivity (Wildman–Crippen MR) is 138 cm³/mol. The van der Waals surface area contributed by atoms with Crippen LogP contribution in [0, 0.1) is 12.8 Å². The summed E-state index contributed by atoms with van der Waals surface area (Å²) in [6.45, 7) is 4.48. The van der Waals surface area contributed by atoms with Gasteiger partial charge in [-0.3, -0.25) is 9.59 Å². The van der Waals surface area contributed by atoms with Gasteiger partial charge in [0.05, 0.1) is 23.3 Å². The van der Waals surface area contributed by atoms with Gasteiger partial charge >= 0.3 is 5.97 Å². The van der Waals surface area contributed by atoms with Crippen molar-refractivity contribution in [3.63, 3.8) is 0 Å². The second-order valence-corrected chi connectivity index (χ2v) is 10.9. The highest BCUT2D eigenvalue weighted by atomic mass is 32.2. The van der Waals surface area contributed by atoms with Crippen LogP contribution in [0.15, 0.2) is 5.16 Å². The molecule has 2 aromatic rings. The van der Waals surface area contributed by atoms with Crippen molar-refractivity contribution >= 4 is 45.9 Å². The maximum absolute atomic E-state index is 12.8. The van der Waals surface area contributed by atoms with E-state index in [0.717, 1.165) is 42.5 Å². The monoisotopic (exact) mass is 521 g/mol. The highest BCUT2D eigenvalue weighted by molar-refractivity contribution is 7.99. The molecule has 9 nitrogen and oxygen atoms in total. The van der Waals surface area contributed by atoms with E-state index in [9.17, 15) is 14.4 Å². The van der Waals surface area contributed by atoms with Crippen LogP contribution in [0.1, 0.15) is 76.9 Å². The lowest BCUT2D eigenvalue weighted by atomic mass is 9.86. The Balaban J connectivity index is 1.66. The smallest absolute Gasteiger partial charge is 0.341 e. The Bertz CT molecular complexity index is 1060. The van der Waals surface area contributed by atoms with Crippen molar-refractivity contribution in [1.82, 2.24) is 19.7 Å². The van der Waals surface area contributed by atoms with Crippen LogP contribution < -0.4 is 5.32 Å². The van der Waals surface area contributed by atoms with Gasteiger partial charge in [0.15, 0.2) is 5.16 Å². The number of methoxy groups -OCH3 is 1. The van der Waals surface area contributed by atoms with E-state index in [4.69, 9.17) is 4.74 Å². The van der Waals surface area contributed by atoms with Crippen molar-refractivity contribution < 1.29 is 19.1 Å². The van der Waals surface area contributed by atoms with E-state index in [-0.39, 0.29) is 23.1 Å². The number of aromatic nitrogens is 3. The lowest BCUT2D eigenvalue weighted by Crippen LogP contribution is -2.21. The third-order valence-electron chi connectivity index (χ3n) is 6.33. The van der Waals surface area contributed by atoms with Crippen molar-refractivity contribution in [2.45, 2.75) is 70.5 Å². The second kappa shape index (κ2) is 12.5. The fourth-order valence-corrected chi connectivity index (χ4v) is 6.44. The molecule has 2 amide bonds. The summed E-state index contributed by atoms with van der Waals surface area (Å²) in [4.78, 5) is 39.5. The van der Waals surface area contributed by atoms with Gasteiger partial charge in [-0.05, 0) is 31.7 Å². The lowest BCUT2D eigenvalue weighted by Gasteiger charge is -2.21. The van der Waals surface area contributed by atoms with E-state index in [0.29, 0.717) is 20.6 Å². The topological polar surface area (TPSA) is 106 Å². The molecule has 11 heteroatoms. The number of hydrogen-bond donors (Lipinski definition) is 1. The molecule has 1 fully saturated rings. The number of nitrogens with zero attached hydrogens (tertiary/aromatic N) is 4. The van der Waals surface area contributed by atoms with E-state index in [1.165, 1.54) is 55.9 Å². The van der Waals surface area contributed by atoms with Gasteiger partial charge in [0.2, 0.25) is 5.91 Å². The number of rotatable bonds is 10. The summed E-state index contributed by atoms with van der Waals surface area (Å²) in [5.74, 6) is 0.733. The minimum absolute atomic E-state index is 0.106. The van der Waals surface area contributed by atoms with Crippen molar-refractivity contribution in [3.8, 4) is 0 Å². The molecule has 0 radical (unpaired) electrons. The zero-order valence-electron chi connectivity index (χ0n) is 21.2. The number of carbonyl (C=O) groups excluding carboxylic acids is 3. The first kappa shape index (κ1) is 27.2. The molecule has 0 bridgehead atoms. The number of amides is 2. The molecule has 0 saturated heterocycles. The van der Waals surface area contributed by atoms with Gasteiger partial charge < -0.3 is 19.5 Å². The van der Waals surface area contributed by atoms with Gasteiger partial charge in [-0.25, -0.2) is 4.79 Å². The fraction of sp³-hybridized carbons (Fsp3) is 0.625. The summed E-state index contributed by atoms with van der Waals surface area (Å²) in [7, 11) is 4.56. The van der Waals surface area contributed by atoms with Crippen molar-refractivity contribution in [2.75, 3.05) is 32.3 Å². The average molecular weight is 522 g/mol. The SMILES string of the molecule is CCn1c(CCC2CCCCC2)nnc1SCC(=O)Nc1sc(C(=O)N(C)C)c(C)c1C(=O)OC. The van der Waals surface area contributed by atoms with Crippen LogP contribution in [0.25, 0.3) is 0 Å². The first-order chi connectivity index (χ1) is 16.8. The molecule has 192 valence electrons. The Morgan fingerprint density at radius 1 is 1.20 bits per heavy atom. The van der Waals surface area contributed by atoms with Crippen molar-refractivity contribution in [3.05, 3.63) is 21.8 Å². The van der Waals surface area contributed by atoms with Crippen LogP contribution in [0.5, 0.6) is 0 Å². The highest BCUT2D eigenvalue weighted by Crippen LogP contribution is 2.34. The third kappa shape index (κ3) is 6.63. The molecule has 0 aromatic carbocycles. The Morgan fingerprint density at radius 3 is 2.54 bits per heavy atom. The first-order valence-corrected chi connectivity index (χ1v) is 13.8. The molecule has 35 heavy (non-hydrogen) atoms. The average Bonchev–Trinajstić information content (AvgIpc) is 3.40. The number of carbonyl (C=O) groups is 3. The van der Waals surface area contributed by atoms with Gasteiger partial charge in [-0.2, -0.15) is 0 Å². The number of thiophene rings is 1.